The number of fused-ring (bicyclic) bond motifs is 1. The quantitative estimate of drug-likeness (QED) is 0.447. The molecule has 2 fully saturated rings. The standard InChI is InChI=1S/C23H31N5O4/c1-4-17-6-5-11-26(17)18(29)10-7-15-12-24-28-21(15)27(13-14(2)3)22(31)19(23(28)32)20(30)25-16-8-9-16/h7,10,12,14,16-17H,4-6,8-9,11,13H2,1-3H3,(H2,25,30,31,32)/p+1/b10-7+/t17-/m1/s1. The number of H-pyrrole nitrogens is 1. The van der Waals surface area contributed by atoms with E-state index < -0.39 is 11.5 Å². The smallest absolute Gasteiger partial charge is 0.378 e. The molecular formula is C23H32N5O4+. The summed E-state index contributed by atoms with van der Waals surface area (Å²) < 4.78 is 2.83. The van der Waals surface area contributed by atoms with Crippen molar-refractivity contribution >= 4 is 23.5 Å². The Morgan fingerprint density at radius 3 is 2.75 bits per heavy atom. The summed E-state index contributed by atoms with van der Waals surface area (Å²) in [6.07, 6.45) is 9.51. The van der Waals surface area contributed by atoms with Crippen LogP contribution in [0, 0.1) is 5.92 Å². The summed E-state index contributed by atoms with van der Waals surface area (Å²) in [6, 6.07) is 0.325. The molecule has 0 bridgehead atoms. The lowest BCUT2D eigenvalue weighted by Gasteiger charge is -2.21. The van der Waals surface area contributed by atoms with Crippen molar-refractivity contribution < 1.29 is 19.3 Å². The van der Waals surface area contributed by atoms with Gasteiger partial charge in [-0.1, -0.05) is 25.3 Å². The Balaban J connectivity index is 1.75. The van der Waals surface area contributed by atoms with Gasteiger partial charge in [-0.3, -0.25) is 9.59 Å². The van der Waals surface area contributed by atoms with Gasteiger partial charge in [0.05, 0.1) is 18.3 Å². The third-order valence-electron chi connectivity index (χ3n) is 6.20. The third kappa shape index (κ3) is 4.16. The second-order valence-electron chi connectivity index (χ2n) is 9.21. The van der Waals surface area contributed by atoms with Gasteiger partial charge in [-0.05, 0) is 44.1 Å². The number of aromatic amines is 1. The molecule has 2 aromatic heterocycles. The van der Waals surface area contributed by atoms with Crippen molar-refractivity contribution in [3.05, 3.63) is 33.8 Å². The lowest BCUT2D eigenvalue weighted by molar-refractivity contribution is -0.686. The molecule has 1 atom stereocenters. The fourth-order valence-corrected chi connectivity index (χ4v) is 4.41. The van der Waals surface area contributed by atoms with Crippen molar-refractivity contribution in [3.8, 4) is 5.88 Å². The molecule has 9 heteroatoms. The first-order valence-corrected chi connectivity index (χ1v) is 11.5. The molecule has 1 aliphatic heterocycles. The number of carbonyl (C=O) groups excluding carboxylic acids is 2. The molecular weight excluding hydrogens is 410 g/mol. The molecule has 0 unspecified atom stereocenters. The Morgan fingerprint density at radius 2 is 2.09 bits per heavy atom. The summed E-state index contributed by atoms with van der Waals surface area (Å²) in [6.45, 7) is 7.21. The number of nitrogens with zero attached hydrogens (tertiary/aromatic N) is 3. The predicted octanol–water partition coefficient (Wildman–Crippen LogP) is 1.58. The molecule has 1 saturated heterocycles. The molecule has 1 saturated carbocycles. The van der Waals surface area contributed by atoms with E-state index in [4.69, 9.17) is 0 Å². The SMILES string of the molecule is CC[C@@H]1CCCN1C(=O)/C=C/c1c[nH]n2c(=O)c(C(=O)NC3CC3)c(O)[n+](CC(C)C)c12. The summed E-state index contributed by atoms with van der Waals surface area (Å²) in [5, 5.41) is 16.6. The number of rotatable bonds is 7. The summed E-state index contributed by atoms with van der Waals surface area (Å²) >= 11 is 0. The minimum absolute atomic E-state index is 0.0592. The zero-order chi connectivity index (χ0) is 23.0. The highest BCUT2D eigenvalue weighted by Crippen LogP contribution is 2.22. The molecule has 32 heavy (non-hydrogen) atoms. The predicted molar refractivity (Wildman–Crippen MR) is 119 cm³/mol. The number of hydrogen-bond acceptors (Lipinski definition) is 4. The van der Waals surface area contributed by atoms with Crippen LogP contribution in [0.15, 0.2) is 17.1 Å². The Kier molecular flexibility index (Phi) is 6.08. The van der Waals surface area contributed by atoms with E-state index in [1.807, 2.05) is 18.7 Å². The average molecular weight is 443 g/mol. The van der Waals surface area contributed by atoms with Crippen LogP contribution in [0.4, 0.5) is 0 Å². The molecule has 0 spiro atoms. The molecule has 4 rings (SSSR count). The molecule has 2 amide bonds. The van der Waals surface area contributed by atoms with Gasteiger partial charge in [0.2, 0.25) is 11.5 Å². The van der Waals surface area contributed by atoms with Crippen LogP contribution in [0.1, 0.15) is 68.8 Å². The van der Waals surface area contributed by atoms with Crippen molar-refractivity contribution in [1.82, 2.24) is 19.8 Å². The first-order valence-electron chi connectivity index (χ1n) is 11.5. The largest absolute Gasteiger partial charge is 0.477 e. The Bertz CT molecular complexity index is 1130. The highest BCUT2D eigenvalue weighted by Gasteiger charge is 2.34. The van der Waals surface area contributed by atoms with Gasteiger partial charge in [-0.2, -0.15) is 4.57 Å². The maximum Gasteiger partial charge on any atom is 0.378 e. The Labute approximate surface area is 186 Å². The monoisotopic (exact) mass is 442 g/mol. The van der Waals surface area contributed by atoms with E-state index in [9.17, 15) is 19.5 Å². The summed E-state index contributed by atoms with van der Waals surface area (Å²) in [4.78, 5) is 40.4. The van der Waals surface area contributed by atoms with Crippen molar-refractivity contribution in [2.45, 2.75) is 71.5 Å². The maximum absolute atomic E-state index is 13.1. The van der Waals surface area contributed by atoms with Crippen LogP contribution in [0.2, 0.25) is 0 Å². The number of hydrogen-bond donors (Lipinski definition) is 3. The van der Waals surface area contributed by atoms with E-state index in [2.05, 4.69) is 17.3 Å². The van der Waals surface area contributed by atoms with E-state index >= 15 is 0 Å². The van der Waals surface area contributed by atoms with Gasteiger partial charge in [0.1, 0.15) is 0 Å². The van der Waals surface area contributed by atoms with Crippen LogP contribution in [-0.2, 0) is 11.3 Å². The molecule has 9 nitrogen and oxygen atoms in total. The van der Waals surface area contributed by atoms with Gasteiger partial charge >= 0.3 is 17.1 Å². The van der Waals surface area contributed by atoms with Crippen LogP contribution in [0.5, 0.6) is 5.88 Å². The van der Waals surface area contributed by atoms with Crippen molar-refractivity contribution in [3.63, 3.8) is 0 Å². The lowest BCUT2D eigenvalue weighted by atomic mass is 10.1. The zero-order valence-corrected chi connectivity index (χ0v) is 18.9. The molecule has 0 aromatic carbocycles. The first-order chi connectivity index (χ1) is 15.3. The highest BCUT2D eigenvalue weighted by atomic mass is 16.3. The number of aromatic hydroxyl groups is 1. The van der Waals surface area contributed by atoms with Crippen LogP contribution >= 0.6 is 0 Å². The van der Waals surface area contributed by atoms with Crippen molar-refractivity contribution in [2.75, 3.05) is 6.54 Å². The van der Waals surface area contributed by atoms with Gasteiger partial charge in [-0.15, -0.1) is 0 Å². The molecule has 2 aliphatic rings. The number of amides is 2. The van der Waals surface area contributed by atoms with Gasteiger partial charge in [0.15, 0.2) is 0 Å². The van der Waals surface area contributed by atoms with Crippen LogP contribution in [0.25, 0.3) is 11.7 Å². The second kappa shape index (κ2) is 8.80. The summed E-state index contributed by atoms with van der Waals surface area (Å²) in [7, 11) is 0. The van der Waals surface area contributed by atoms with Crippen molar-refractivity contribution in [2.24, 2.45) is 5.92 Å². The number of likely N-dealkylation sites (tertiary alicyclic amines) is 1. The molecule has 3 N–H and O–H groups in total. The van der Waals surface area contributed by atoms with Gasteiger partial charge in [0, 0.05) is 24.7 Å². The zero-order valence-electron chi connectivity index (χ0n) is 18.9. The Hall–Kier alpha value is -3.10. The topological polar surface area (TPSA) is 111 Å². The van der Waals surface area contributed by atoms with Crippen LogP contribution < -0.4 is 15.4 Å². The molecule has 0 radical (unpaired) electrons. The van der Waals surface area contributed by atoms with Crippen LogP contribution in [-0.4, -0.2) is 50.1 Å². The van der Waals surface area contributed by atoms with E-state index in [0.29, 0.717) is 17.8 Å². The Morgan fingerprint density at radius 1 is 1.34 bits per heavy atom. The normalized spacial score (nSPS) is 18.9. The molecule has 1 aliphatic carbocycles. The van der Waals surface area contributed by atoms with Gasteiger partial charge < -0.3 is 15.3 Å². The molecule has 172 valence electrons. The number of carbonyl (C=O) groups is 2. The van der Waals surface area contributed by atoms with Gasteiger partial charge in [0.25, 0.3) is 5.91 Å². The highest BCUT2D eigenvalue weighted by molar-refractivity contribution is 5.96. The average Bonchev–Trinajstić information content (AvgIpc) is 3.26. The maximum atomic E-state index is 13.1. The third-order valence-corrected chi connectivity index (χ3v) is 6.20. The van der Waals surface area contributed by atoms with Crippen molar-refractivity contribution in [1.29, 1.82) is 0 Å². The number of aromatic nitrogens is 3. The van der Waals surface area contributed by atoms with E-state index in [0.717, 1.165) is 38.6 Å². The van der Waals surface area contributed by atoms with Crippen LogP contribution in [0.3, 0.4) is 0 Å². The number of nitrogens with one attached hydrogen (secondary N) is 2. The van der Waals surface area contributed by atoms with E-state index in [1.54, 1.807) is 16.8 Å². The van der Waals surface area contributed by atoms with Gasteiger partial charge in [-0.25, -0.2) is 9.89 Å². The van der Waals surface area contributed by atoms with E-state index in [-0.39, 0.29) is 35.4 Å². The minimum Gasteiger partial charge on any atom is -0.477 e. The minimum atomic E-state index is -0.618. The molecule has 2 aromatic rings. The van der Waals surface area contributed by atoms with E-state index in [1.165, 1.54) is 10.6 Å². The fraction of sp³-hybridized carbons (Fsp3) is 0.565. The summed E-state index contributed by atoms with van der Waals surface area (Å²) in [5.41, 5.74) is 0.119. The lowest BCUT2D eigenvalue weighted by Crippen LogP contribution is -2.46. The molecule has 3 heterocycles. The fourth-order valence-electron chi connectivity index (χ4n) is 4.41. The first kappa shape index (κ1) is 22.1. The second-order valence-corrected chi connectivity index (χ2v) is 9.21. The summed E-state index contributed by atoms with van der Waals surface area (Å²) in [5.74, 6) is -0.831.